The first-order valence-corrected chi connectivity index (χ1v) is 7.09. The second-order valence-electron chi connectivity index (χ2n) is 3.91. The molecule has 1 aromatic carbocycles. The summed E-state index contributed by atoms with van der Waals surface area (Å²) in [6.45, 7) is 2.75. The molecule has 0 aliphatic rings. The molecule has 0 atom stereocenters. The van der Waals surface area contributed by atoms with E-state index in [1.54, 1.807) is 23.5 Å². The van der Waals surface area contributed by atoms with E-state index in [2.05, 4.69) is 10.3 Å². The maximum Gasteiger partial charge on any atom is 0.0945 e. The molecule has 0 spiro atoms. The smallest absolute Gasteiger partial charge is 0.0945 e. The monoisotopic (exact) mass is 301 g/mol. The maximum absolute atomic E-state index is 5.95. The SMILES string of the molecule is Cc1csc(CCNc2cc(Cl)c(Cl)cc2N)n1. The standard InChI is InChI=1S/C12H13Cl2N3S/c1-7-6-18-12(17-7)2-3-16-11-5-9(14)8(13)4-10(11)15/h4-6,16H,2-3,15H2,1H3. The number of benzene rings is 1. The normalized spacial score (nSPS) is 10.6. The average Bonchev–Trinajstić information content (AvgIpc) is 2.71. The first-order valence-electron chi connectivity index (χ1n) is 5.45. The number of aryl methyl sites for hydroxylation is 1. The minimum atomic E-state index is 0.468. The zero-order chi connectivity index (χ0) is 13.1. The van der Waals surface area contributed by atoms with Crippen molar-refractivity contribution in [1.29, 1.82) is 0 Å². The summed E-state index contributed by atoms with van der Waals surface area (Å²) in [5, 5.41) is 7.36. The third kappa shape index (κ3) is 3.28. The van der Waals surface area contributed by atoms with E-state index >= 15 is 0 Å². The van der Waals surface area contributed by atoms with Gasteiger partial charge in [0.25, 0.3) is 0 Å². The van der Waals surface area contributed by atoms with Crippen LogP contribution in [0.1, 0.15) is 10.7 Å². The number of thiazole rings is 1. The Labute approximate surface area is 120 Å². The molecule has 0 fully saturated rings. The van der Waals surface area contributed by atoms with Gasteiger partial charge in [0.05, 0.1) is 26.4 Å². The van der Waals surface area contributed by atoms with Crippen LogP contribution in [0.3, 0.4) is 0 Å². The molecule has 0 aliphatic carbocycles. The van der Waals surface area contributed by atoms with Crippen molar-refractivity contribution in [2.75, 3.05) is 17.6 Å². The molecule has 18 heavy (non-hydrogen) atoms. The fourth-order valence-electron chi connectivity index (χ4n) is 1.54. The minimum Gasteiger partial charge on any atom is -0.397 e. The molecule has 3 nitrogen and oxygen atoms in total. The quantitative estimate of drug-likeness (QED) is 0.839. The highest BCUT2D eigenvalue weighted by atomic mass is 35.5. The van der Waals surface area contributed by atoms with E-state index in [1.165, 1.54) is 0 Å². The highest BCUT2D eigenvalue weighted by molar-refractivity contribution is 7.09. The number of nitrogens with one attached hydrogen (secondary N) is 1. The molecule has 0 unspecified atom stereocenters. The number of anilines is 2. The lowest BCUT2D eigenvalue weighted by molar-refractivity contribution is 0.987. The van der Waals surface area contributed by atoms with Crippen LogP contribution in [0.25, 0.3) is 0 Å². The van der Waals surface area contributed by atoms with Crippen molar-refractivity contribution < 1.29 is 0 Å². The minimum absolute atomic E-state index is 0.468. The predicted molar refractivity (Wildman–Crippen MR) is 79.9 cm³/mol. The predicted octanol–water partition coefficient (Wildman–Crippen LogP) is 4.00. The first kappa shape index (κ1) is 13.5. The summed E-state index contributed by atoms with van der Waals surface area (Å²) in [6, 6.07) is 3.39. The largest absolute Gasteiger partial charge is 0.397 e. The third-order valence-corrected chi connectivity index (χ3v) is 4.16. The van der Waals surface area contributed by atoms with Crippen LogP contribution in [-0.2, 0) is 6.42 Å². The molecule has 0 saturated carbocycles. The number of halogens is 2. The Morgan fingerprint density at radius 1 is 1.33 bits per heavy atom. The topological polar surface area (TPSA) is 50.9 Å². The lowest BCUT2D eigenvalue weighted by Crippen LogP contribution is -2.06. The van der Waals surface area contributed by atoms with Gasteiger partial charge >= 0.3 is 0 Å². The molecule has 1 heterocycles. The van der Waals surface area contributed by atoms with Crippen LogP contribution in [0.4, 0.5) is 11.4 Å². The molecule has 0 bridgehead atoms. The van der Waals surface area contributed by atoms with Crippen molar-refractivity contribution in [3.63, 3.8) is 0 Å². The van der Waals surface area contributed by atoms with E-state index in [4.69, 9.17) is 28.9 Å². The molecule has 1 aromatic heterocycles. The van der Waals surface area contributed by atoms with Gasteiger partial charge in [0.2, 0.25) is 0 Å². The summed E-state index contributed by atoms with van der Waals surface area (Å²) >= 11 is 13.5. The second kappa shape index (κ2) is 5.78. The number of nitrogens with zero attached hydrogens (tertiary/aromatic N) is 1. The first-order chi connectivity index (χ1) is 8.56. The Morgan fingerprint density at radius 3 is 2.72 bits per heavy atom. The van der Waals surface area contributed by atoms with Crippen molar-refractivity contribution >= 4 is 45.9 Å². The number of nitrogen functional groups attached to an aromatic ring is 1. The summed E-state index contributed by atoms with van der Waals surface area (Å²) < 4.78 is 0. The fourth-order valence-corrected chi connectivity index (χ4v) is 2.65. The van der Waals surface area contributed by atoms with Gasteiger partial charge in [-0.15, -0.1) is 11.3 Å². The lowest BCUT2D eigenvalue weighted by atomic mass is 10.2. The van der Waals surface area contributed by atoms with Crippen LogP contribution in [0, 0.1) is 6.92 Å². The van der Waals surface area contributed by atoms with Gasteiger partial charge in [0, 0.05) is 24.0 Å². The van der Waals surface area contributed by atoms with Gasteiger partial charge in [-0.05, 0) is 19.1 Å². The molecular formula is C12H13Cl2N3S. The van der Waals surface area contributed by atoms with Gasteiger partial charge in [0.15, 0.2) is 0 Å². The molecular weight excluding hydrogens is 289 g/mol. The summed E-state index contributed by atoms with van der Waals surface area (Å²) in [5.41, 5.74) is 8.31. The molecule has 0 aliphatic heterocycles. The molecule has 2 aromatic rings. The van der Waals surface area contributed by atoms with Gasteiger partial charge in [0.1, 0.15) is 0 Å². The van der Waals surface area contributed by atoms with E-state index < -0.39 is 0 Å². The molecule has 2 rings (SSSR count). The number of aromatic nitrogens is 1. The van der Waals surface area contributed by atoms with Gasteiger partial charge in [-0.2, -0.15) is 0 Å². The Bertz CT molecular complexity index is 554. The highest BCUT2D eigenvalue weighted by Gasteiger charge is 2.05. The molecule has 3 N–H and O–H groups in total. The van der Waals surface area contributed by atoms with Gasteiger partial charge in [-0.3, -0.25) is 0 Å². The summed E-state index contributed by atoms with van der Waals surface area (Å²) in [5.74, 6) is 0. The maximum atomic E-state index is 5.95. The Morgan fingerprint density at radius 2 is 2.06 bits per heavy atom. The Balaban J connectivity index is 1.96. The zero-order valence-electron chi connectivity index (χ0n) is 9.84. The fraction of sp³-hybridized carbons (Fsp3) is 0.250. The lowest BCUT2D eigenvalue weighted by Gasteiger charge is -2.09. The van der Waals surface area contributed by atoms with Crippen LogP contribution in [0.2, 0.25) is 10.0 Å². The highest BCUT2D eigenvalue weighted by Crippen LogP contribution is 2.30. The van der Waals surface area contributed by atoms with E-state index in [0.29, 0.717) is 15.7 Å². The van der Waals surface area contributed by atoms with Crippen molar-refractivity contribution in [2.24, 2.45) is 0 Å². The van der Waals surface area contributed by atoms with Crippen molar-refractivity contribution in [1.82, 2.24) is 4.98 Å². The summed E-state index contributed by atoms with van der Waals surface area (Å²) in [4.78, 5) is 4.40. The number of nitrogens with two attached hydrogens (primary N) is 1. The Hall–Kier alpha value is -0.970. The van der Waals surface area contributed by atoms with E-state index in [-0.39, 0.29) is 0 Å². The molecule has 6 heteroatoms. The van der Waals surface area contributed by atoms with Crippen LogP contribution >= 0.6 is 34.5 Å². The molecule has 96 valence electrons. The van der Waals surface area contributed by atoms with Gasteiger partial charge < -0.3 is 11.1 Å². The van der Waals surface area contributed by atoms with Crippen molar-refractivity contribution in [2.45, 2.75) is 13.3 Å². The van der Waals surface area contributed by atoms with Crippen molar-refractivity contribution in [3.8, 4) is 0 Å². The number of hydrogen-bond donors (Lipinski definition) is 2. The third-order valence-electron chi connectivity index (χ3n) is 2.41. The average molecular weight is 302 g/mol. The molecule has 0 amide bonds. The number of hydrogen-bond acceptors (Lipinski definition) is 4. The summed E-state index contributed by atoms with van der Waals surface area (Å²) in [6.07, 6.45) is 0.859. The van der Waals surface area contributed by atoms with E-state index in [1.807, 2.05) is 12.3 Å². The van der Waals surface area contributed by atoms with Crippen LogP contribution in [0.15, 0.2) is 17.5 Å². The molecule has 0 saturated heterocycles. The summed E-state index contributed by atoms with van der Waals surface area (Å²) in [7, 11) is 0. The van der Waals surface area contributed by atoms with E-state index in [0.717, 1.165) is 29.4 Å². The van der Waals surface area contributed by atoms with Crippen molar-refractivity contribution in [3.05, 3.63) is 38.3 Å². The van der Waals surface area contributed by atoms with E-state index in [9.17, 15) is 0 Å². The van der Waals surface area contributed by atoms with Crippen LogP contribution in [0.5, 0.6) is 0 Å². The molecule has 0 radical (unpaired) electrons. The van der Waals surface area contributed by atoms with Gasteiger partial charge in [-0.25, -0.2) is 4.98 Å². The van der Waals surface area contributed by atoms with Crippen LogP contribution in [-0.4, -0.2) is 11.5 Å². The zero-order valence-corrected chi connectivity index (χ0v) is 12.2. The number of rotatable bonds is 4. The van der Waals surface area contributed by atoms with Crippen LogP contribution < -0.4 is 11.1 Å². The Kier molecular flexibility index (Phi) is 4.32. The second-order valence-corrected chi connectivity index (χ2v) is 5.67. The van der Waals surface area contributed by atoms with Gasteiger partial charge in [-0.1, -0.05) is 23.2 Å².